The number of hydrogen-bond acceptors (Lipinski definition) is 3. The van der Waals surface area contributed by atoms with Crippen LogP contribution in [-0.4, -0.2) is 29.2 Å². The molecule has 0 aliphatic heterocycles. The molecule has 0 aliphatic carbocycles. The van der Waals surface area contributed by atoms with Crippen LogP contribution in [0.3, 0.4) is 0 Å². The molecule has 4 heteroatoms. The molecule has 0 bridgehead atoms. The quantitative estimate of drug-likeness (QED) is 0.397. The van der Waals surface area contributed by atoms with E-state index in [0.29, 0.717) is 18.8 Å². The number of alkyl halides is 1. The van der Waals surface area contributed by atoms with Gasteiger partial charge in [-0.2, -0.15) is 0 Å². The molecule has 0 fully saturated rings. The summed E-state index contributed by atoms with van der Waals surface area (Å²) in [4.78, 5) is 12.0. The van der Waals surface area contributed by atoms with Gasteiger partial charge in [0.2, 0.25) is 0 Å². The molecule has 0 spiro atoms. The second-order valence-corrected chi connectivity index (χ2v) is 7.29. The van der Waals surface area contributed by atoms with Crippen molar-refractivity contribution in [3.63, 3.8) is 0 Å². The summed E-state index contributed by atoms with van der Waals surface area (Å²) in [5.74, 6) is 1.28. The van der Waals surface area contributed by atoms with Gasteiger partial charge in [-0.1, -0.05) is 20.8 Å². The fourth-order valence-electron chi connectivity index (χ4n) is 1.87. The molecule has 0 radical (unpaired) electrons. The molecule has 0 N–H and O–H groups in total. The van der Waals surface area contributed by atoms with E-state index in [1.54, 1.807) is 11.8 Å². The predicted octanol–water partition coefficient (Wildman–Crippen LogP) is 5.00. The Hall–Kier alpha value is -0.250. The van der Waals surface area contributed by atoms with Crippen molar-refractivity contribution in [3.8, 4) is 0 Å². The number of ether oxygens (including phenoxy) is 1. The molecule has 120 valence electrons. The average Bonchev–Trinajstić information content (AvgIpc) is 2.35. The van der Waals surface area contributed by atoms with Crippen LogP contribution in [0.1, 0.15) is 66.7 Å². The maximum Gasteiger partial charge on any atom is 0.319 e. The first-order valence-corrected chi connectivity index (χ1v) is 8.87. The second-order valence-electron chi connectivity index (χ2n) is 5.98. The Morgan fingerprint density at radius 2 is 1.85 bits per heavy atom. The van der Waals surface area contributed by atoms with Crippen LogP contribution in [0.5, 0.6) is 0 Å². The van der Waals surface area contributed by atoms with Gasteiger partial charge in [-0.15, -0.1) is 11.8 Å². The zero-order chi connectivity index (χ0) is 15.5. The van der Waals surface area contributed by atoms with E-state index >= 15 is 0 Å². The van der Waals surface area contributed by atoms with Gasteiger partial charge < -0.3 is 4.74 Å². The molecule has 0 heterocycles. The first kappa shape index (κ1) is 19.8. The Balaban J connectivity index is 4.01. The molecule has 2 nitrogen and oxygen atoms in total. The number of hydrogen-bond donors (Lipinski definition) is 0. The molecule has 0 saturated heterocycles. The topological polar surface area (TPSA) is 26.3 Å². The zero-order valence-corrected chi connectivity index (χ0v) is 14.5. The Bertz CT molecular complexity index is 257. The van der Waals surface area contributed by atoms with E-state index in [0.717, 1.165) is 25.0 Å². The molecule has 20 heavy (non-hydrogen) atoms. The largest absolute Gasteiger partial charge is 0.462 e. The maximum absolute atomic E-state index is 13.1. The lowest BCUT2D eigenvalue weighted by atomic mass is 10.1. The third-order valence-electron chi connectivity index (χ3n) is 2.97. The second kappa shape index (κ2) is 11.4. The number of carbonyl (C=O) groups is 1. The van der Waals surface area contributed by atoms with Crippen molar-refractivity contribution in [3.05, 3.63) is 0 Å². The van der Waals surface area contributed by atoms with Crippen molar-refractivity contribution in [2.24, 2.45) is 5.92 Å². The van der Waals surface area contributed by atoms with Gasteiger partial charge in [-0.25, -0.2) is 4.39 Å². The van der Waals surface area contributed by atoms with Crippen molar-refractivity contribution in [2.75, 3.05) is 5.75 Å². The highest BCUT2D eigenvalue weighted by atomic mass is 32.2. The van der Waals surface area contributed by atoms with Gasteiger partial charge in [0.25, 0.3) is 0 Å². The monoisotopic (exact) mass is 306 g/mol. The predicted molar refractivity (Wildman–Crippen MR) is 86.0 cm³/mol. The van der Waals surface area contributed by atoms with Crippen molar-refractivity contribution in [1.82, 2.24) is 0 Å². The van der Waals surface area contributed by atoms with Gasteiger partial charge in [0, 0.05) is 0 Å². The minimum atomic E-state index is -0.669. The van der Waals surface area contributed by atoms with Gasteiger partial charge in [0.15, 0.2) is 0 Å². The molecular formula is C16H31FO2S. The fraction of sp³-hybridized carbons (Fsp3) is 0.938. The van der Waals surface area contributed by atoms with E-state index in [2.05, 4.69) is 13.8 Å². The molecular weight excluding hydrogens is 275 g/mol. The van der Waals surface area contributed by atoms with Crippen molar-refractivity contribution >= 4 is 17.7 Å². The summed E-state index contributed by atoms with van der Waals surface area (Å²) in [5, 5.41) is -0.0789. The molecule has 0 amide bonds. The van der Waals surface area contributed by atoms with E-state index in [9.17, 15) is 9.18 Å². The number of thioether (sulfide) groups is 1. The summed E-state index contributed by atoms with van der Waals surface area (Å²) in [7, 11) is 0. The van der Waals surface area contributed by atoms with Crippen molar-refractivity contribution in [2.45, 2.75) is 84.2 Å². The van der Waals surface area contributed by atoms with Crippen molar-refractivity contribution in [1.29, 1.82) is 0 Å². The number of esters is 1. The Labute approximate surface area is 128 Å². The number of unbranched alkanes of at least 4 members (excludes halogenated alkanes) is 1. The molecule has 0 aromatic carbocycles. The molecule has 2 atom stereocenters. The third-order valence-corrected chi connectivity index (χ3v) is 4.29. The highest BCUT2D eigenvalue weighted by Gasteiger charge is 2.22. The lowest BCUT2D eigenvalue weighted by Crippen LogP contribution is -2.25. The van der Waals surface area contributed by atoms with E-state index in [4.69, 9.17) is 4.74 Å². The van der Waals surface area contributed by atoms with Crippen LogP contribution >= 0.6 is 11.8 Å². The van der Waals surface area contributed by atoms with E-state index in [1.165, 1.54) is 0 Å². The highest BCUT2D eigenvalue weighted by Crippen LogP contribution is 2.23. The Morgan fingerprint density at radius 1 is 1.20 bits per heavy atom. The number of carbonyl (C=O) groups excluding carboxylic acids is 1. The molecule has 0 rings (SSSR count). The van der Waals surface area contributed by atoms with Crippen LogP contribution in [0.4, 0.5) is 4.39 Å². The summed E-state index contributed by atoms with van der Waals surface area (Å²) in [6.45, 7) is 9.86. The van der Waals surface area contributed by atoms with Gasteiger partial charge in [0.1, 0.15) is 5.25 Å². The summed E-state index contributed by atoms with van der Waals surface area (Å²) >= 11 is 1.66. The third kappa shape index (κ3) is 10.5. The van der Waals surface area contributed by atoms with Gasteiger partial charge >= 0.3 is 5.97 Å². The Kier molecular flexibility index (Phi) is 11.3. The minimum Gasteiger partial charge on any atom is -0.462 e. The molecule has 2 unspecified atom stereocenters. The Morgan fingerprint density at radius 3 is 2.35 bits per heavy atom. The van der Waals surface area contributed by atoms with Gasteiger partial charge in [-0.3, -0.25) is 4.79 Å². The van der Waals surface area contributed by atoms with Crippen LogP contribution in [0.2, 0.25) is 0 Å². The summed E-state index contributed by atoms with van der Waals surface area (Å²) < 4.78 is 18.4. The zero-order valence-electron chi connectivity index (χ0n) is 13.7. The van der Waals surface area contributed by atoms with Gasteiger partial charge in [-0.05, 0) is 57.6 Å². The van der Waals surface area contributed by atoms with Crippen LogP contribution < -0.4 is 0 Å². The maximum atomic E-state index is 13.1. The van der Waals surface area contributed by atoms with Gasteiger partial charge in [0.05, 0.1) is 12.3 Å². The fourth-order valence-corrected chi connectivity index (χ4v) is 3.23. The van der Waals surface area contributed by atoms with Crippen LogP contribution in [0.25, 0.3) is 0 Å². The SMILES string of the molecule is CCC(F)CCCCSC(CC(C)C)C(=O)OC(C)C. The molecule has 0 aromatic heterocycles. The summed E-state index contributed by atoms with van der Waals surface area (Å²) in [5.41, 5.74) is 0. The summed E-state index contributed by atoms with van der Waals surface area (Å²) in [6.07, 6.45) is 3.22. The summed E-state index contributed by atoms with van der Waals surface area (Å²) in [6, 6.07) is 0. The average molecular weight is 306 g/mol. The molecule has 0 aliphatic rings. The lowest BCUT2D eigenvalue weighted by Gasteiger charge is -2.19. The number of rotatable bonds is 11. The lowest BCUT2D eigenvalue weighted by molar-refractivity contribution is -0.147. The smallest absolute Gasteiger partial charge is 0.319 e. The highest BCUT2D eigenvalue weighted by molar-refractivity contribution is 8.00. The van der Waals surface area contributed by atoms with Crippen molar-refractivity contribution < 1.29 is 13.9 Å². The van der Waals surface area contributed by atoms with E-state index < -0.39 is 6.17 Å². The van der Waals surface area contributed by atoms with Crippen LogP contribution in [0.15, 0.2) is 0 Å². The first-order valence-electron chi connectivity index (χ1n) is 7.82. The first-order chi connectivity index (χ1) is 9.36. The number of halogens is 1. The molecule has 0 saturated carbocycles. The minimum absolute atomic E-state index is 0.0605. The van der Waals surface area contributed by atoms with Crippen LogP contribution in [0, 0.1) is 5.92 Å². The van der Waals surface area contributed by atoms with Crippen LogP contribution in [-0.2, 0) is 9.53 Å². The van der Waals surface area contributed by atoms with E-state index in [-0.39, 0.29) is 17.3 Å². The standard InChI is InChI=1S/C16H31FO2S/c1-6-14(17)9-7-8-10-20-15(11-12(2)3)16(18)19-13(4)5/h12-15H,6-11H2,1-5H3. The normalized spacial score (nSPS) is 14.6. The van der Waals surface area contributed by atoms with E-state index in [1.807, 2.05) is 20.8 Å². The molecule has 0 aromatic rings.